The zero-order chi connectivity index (χ0) is 15.4. The van der Waals surface area contributed by atoms with Crippen LogP contribution in [0.1, 0.15) is 17.3 Å². The minimum absolute atomic E-state index is 0.113. The number of hydrogen-bond donors (Lipinski definition) is 1. The maximum Gasteiger partial charge on any atom is 0.338 e. The average Bonchev–Trinajstić information content (AvgIpc) is 2.84. The van der Waals surface area contributed by atoms with Gasteiger partial charge in [0.15, 0.2) is 0 Å². The van der Waals surface area contributed by atoms with Gasteiger partial charge in [0.1, 0.15) is 6.33 Å². The minimum Gasteiger partial charge on any atom is -0.462 e. The number of hydrogen-bond acceptors (Lipinski definition) is 8. The van der Waals surface area contributed by atoms with E-state index >= 15 is 0 Å². The summed E-state index contributed by atoms with van der Waals surface area (Å²) >= 11 is 0.980. The second kappa shape index (κ2) is 6.22. The smallest absolute Gasteiger partial charge is 0.338 e. The Bertz CT molecular complexity index is 687. The Morgan fingerprint density at radius 2 is 2.33 bits per heavy atom. The topological polar surface area (TPSA) is 126 Å². The molecule has 2 aromatic rings. The van der Waals surface area contributed by atoms with E-state index in [0.717, 1.165) is 22.5 Å². The maximum absolute atomic E-state index is 11.6. The molecule has 0 atom stereocenters. The predicted molar refractivity (Wildman–Crippen MR) is 73.3 cm³/mol. The molecule has 0 spiro atoms. The first kappa shape index (κ1) is 14.8. The van der Waals surface area contributed by atoms with Crippen LogP contribution in [0.4, 0.5) is 5.69 Å². The molecule has 0 amide bonds. The Hall–Kier alpha value is -2.62. The maximum atomic E-state index is 11.6. The molecular formula is C11H11N5O4S. The zero-order valence-electron chi connectivity index (χ0n) is 10.9. The van der Waals surface area contributed by atoms with E-state index in [1.807, 2.05) is 0 Å². The molecule has 9 nitrogen and oxygen atoms in total. The second-order valence-corrected chi connectivity index (χ2v) is 4.79. The van der Waals surface area contributed by atoms with Gasteiger partial charge in [-0.1, -0.05) is 0 Å². The highest BCUT2D eigenvalue weighted by atomic mass is 32.2. The molecule has 0 unspecified atom stereocenters. The van der Waals surface area contributed by atoms with Gasteiger partial charge in [0.25, 0.3) is 5.69 Å². The van der Waals surface area contributed by atoms with Crippen LogP contribution in [-0.2, 0) is 4.74 Å². The van der Waals surface area contributed by atoms with Crippen molar-refractivity contribution in [3.8, 4) is 0 Å². The van der Waals surface area contributed by atoms with Crippen LogP contribution in [0.25, 0.3) is 0 Å². The SMILES string of the molecule is CCOC(=O)c1ccc(Sc2nncn2N)c([N+](=O)[O-])c1. The largest absolute Gasteiger partial charge is 0.462 e. The number of ether oxygens (including phenoxy) is 1. The second-order valence-electron chi connectivity index (χ2n) is 3.78. The van der Waals surface area contributed by atoms with Gasteiger partial charge in [-0.05, 0) is 30.8 Å². The van der Waals surface area contributed by atoms with Gasteiger partial charge in [-0.3, -0.25) is 10.1 Å². The van der Waals surface area contributed by atoms with Crippen molar-refractivity contribution in [3.05, 3.63) is 40.2 Å². The molecule has 2 N–H and O–H groups in total. The first-order chi connectivity index (χ1) is 10.0. The molecule has 0 fully saturated rings. The summed E-state index contributed by atoms with van der Waals surface area (Å²) in [4.78, 5) is 22.5. The van der Waals surface area contributed by atoms with Gasteiger partial charge in [0.05, 0.1) is 22.0 Å². The van der Waals surface area contributed by atoms with Gasteiger partial charge in [0.2, 0.25) is 5.16 Å². The van der Waals surface area contributed by atoms with Gasteiger partial charge in [0, 0.05) is 6.07 Å². The van der Waals surface area contributed by atoms with Crippen LogP contribution in [0.5, 0.6) is 0 Å². The molecule has 0 aliphatic rings. The van der Waals surface area contributed by atoms with Crippen molar-refractivity contribution in [1.29, 1.82) is 0 Å². The summed E-state index contributed by atoms with van der Waals surface area (Å²) in [7, 11) is 0. The van der Waals surface area contributed by atoms with Crippen molar-refractivity contribution < 1.29 is 14.5 Å². The molecule has 0 radical (unpaired) electrons. The van der Waals surface area contributed by atoms with E-state index in [-0.39, 0.29) is 17.9 Å². The molecule has 0 aliphatic heterocycles. The number of nitro benzene ring substituents is 1. The molecule has 1 heterocycles. The van der Waals surface area contributed by atoms with Crippen LogP contribution < -0.4 is 5.84 Å². The van der Waals surface area contributed by atoms with E-state index in [0.29, 0.717) is 10.1 Å². The standard InChI is InChI=1S/C11H11N5O4S/c1-2-20-10(17)7-3-4-9(8(5-7)16(18)19)21-11-14-13-6-15(11)12/h3-6H,2,12H2,1H3. The van der Waals surface area contributed by atoms with E-state index in [1.54, 1.807) is 6.92 Å². The van der Waals surface area contributed by atoms with Crippen molar-refractivity contribution in [2.75, 3.05) is 12.4 Å². The predicted octanol–water partition coefficient (Wildman–Crippen LogP) is 1.23. The van der Waals surface area contributed by atoms with Crippen LogP contribution >= 0.6 is 11.8 Å². The van der Waals surface area contributed by atoms with Crippen molar-refractivity contribution in [2.45, 2.75) is 17.0 Å². The summed E-state index contributed by atoms with van der Waals surface area (Å²) < 4.78 is 5.96. The molecule has 1 aromatic heterocycles. The highest BCUT2D eigenvalue weighted by molar-refractivity contribution is 7.99. The quantitative estimate of drug-likeness (QED) is 0.378. The number of carbonyl (C=O) groups excluding carboxylic acids is 1. The first-order valence-corrected chi connectivity index (χ1v) is 6.63. The molecule has 10 heteroatoms. The lowest BCUT2D eigenvalue weighted by atomic mass is 10.2. The van der Waals surface area contributed by atoms with Gasteiger partial charge < -0.3 is 10.6 Å². The van der Waals surface area contributed by atoms with E-state index in [2.05, 4.69) is 10.2 Å². The van der Waals surface area contributed by atoms with Crippen LogP contribution in [0.15, 0.2) is 34.6 Å². The fraction of sp³-hybridized carbons (Fsp3) is 0.182. The van der Waals surface area contributed by atoms with E-state index in [4.69, 9.17) is 10.6 Å². The molecule has 0 saturated heterocycles. The lowest BCUT2D eigenvalue weighted by Gasteiger charge is -2.05. The number of benzene rings is 1. The van der Waals surface area contributed by atoms with Gasteiger partial charge >= 0.3 is 5.97 Å². The van der Waals surface area contributed by atoms with E-state index < -0.39 is 10.9 Å². The summed E-state index contributed by atoms with van der Waals surface area (Å²) in [6, 6.07) is 4.06. The first-order valence-electron chi connectivity index (χ1n) is 5.81. The van der Waals surface area contributed by atoms with E-state index in [9.17, 15) is 14.9 Å². The lowest BCUT2D eigenvalue weighted by Crippen LogP contribution is -2.08. The summed E-state index contributed by atoms with van der Waals surface area (Å²) in [6.07, 6.45) is 1.28. The third kappa shape index (κ3) is 3.28. The van der Waals surface area contributed by atoms with Crippen molar-refractivity contribution in [3.63, 3.8) is 0 Å². The Kier molecular flexibility index (Phi) is 4.38. The summed E-state index contributed by atoms with van der Waals surface area (Å²) in [5, 5.41) is 18.7. The Morgan fingerprint density at radius 3 is 2.90 bits per heavy atom. The van der Waals surface area contributed by atoms with E-state index in [1.165, 1.54) is 18.5 Å². The number of esters is 1. The molecule has 2 rings (SSSR count). The number of nitrogens with zero attached hydrogens (tertiary/aromatic N) is 4. The summed E-state index contributed by atoms with van der Waals surface area (Å²) in [5.74, 6) is 4.95. The third-order valence-electron chi connectivity index (χ3n) is 2.41. The van der Waals surface area contributed by atoms with Crippen LogP contribution in [0, 0.1) is 10.1 Å². The Balaban J connectivity index is 2.36. The minimum atomic E-state index is -0.612. The summed E-state index contributed by atoms with van der Waals surface area (Å²) in [5.41, 5.74) is -0.115. The highest BCUT2D eigenvalue weighted by Gasteiger charge is 2.20. The van der Waals surface area contributed by atoms with Gasteiger partial charge in [-0.15, -0.1) is 10.2 Å². The monoisotopic (exact) mass is 309 g/mol. The average molecular weight is 309 g/mol. The molecule has 0 saturated carbocycles. The number of aromatic nitrogens is 3. The summed E-state index contributed by atoms with van der Waals surface area (Å²) in [6.45, 7) is 1.85. The van der Waals surface area contributed by atoms with Crippen molar-refractivity contribution in [2.24, 2.45) is 0 Å². The number of nitrogens with two attached hydrogens (primary N) is 1. The number of nitrogen functional groups attached to an aromatic ring is 1. The molecule has 1 aromatic carbocycles. The van der Waals surface area contributed by atoms with Gasteiger partial charge in [-0.25, -0.2) is 9.47 Å². The normalized spacial score (nSPS) is 10.3. The van der Waals surface area contributed by atoms with Crippen molar-refractivity contribution >= 4 is 23.4 Å². The fourth-order valence-electron chi connectivity index (χ4n) is 1.49. The molecular weight excluding hydrogens is 298 g/mol. The Labute approximate surface area is 123 Å². The van der Waals surface area contributed by atoms with Crippen LogP contribution in [0.2, 0.25) is 0 Å². The Morgan fingerprint density at radius 1 is 1.57 bits per heavy atom. The lowest BCUT2D eigenvalue weighted by molar-refractivity contribution is -0.387. The number of carbonyl (C=O) groups is 1. The molecule has 21 heavy (non-hydrogen) atoms. The number of nitro groups is 1. The fourth-order valence-corrected chi connectivity index (χ4v) is 2.30. The molecule has 110 valence electrons. The molecule has 0 aliphatic carbocycles. The third-order valence-corrected chi connectivity index (χ3v) is 3.45. The highest BCUT2D eigenvalue weighted by Crippen LogP contribution is 2.33. The van der Waals surface area contributed by atoms with Crippen molar-refractivity contribution in [1.82, 2.24) is 14.9 Å². The number of rotatable bonds is 5. The van der Waals surface area contributed by atoms with Crippen LogP contribution in [0.3, 0.4) is 0 Å². The molecule has 0 bridgehead atoms. The zero-order valence-corrected chi connectivity index (χ0v) is 11.7. The van der Waals surface area contributed by atoms with Crippen LogP contribution in [-0.4, -0.2) is 32.4 Å². The van der Waals surface area contributed by atoms with Gasteiger partial charge in [-0.2, -0.15) is 0 Å².